The number of nitrogens with zero attached hydrogens (tertiary/aromatic N) is 1. The Bertz CT molecular complexity index is 342. The lowest BCUT2D eigenvalue weighted by Crippen LogP contribution is -2.05. The van der Waals surface area contributed by atoms with E-state index >= 15 is 0 Å². The molecule has 1 aromatic heterocycles. The van der Waals surface area contributed by atoms with Crippen molar-refractivity contribution in [3.8, 4) is 12.3 Å². The molecule has 5 nitrogen and oxygen atoms in total. The average Bonchev–Trinajstić information content (AvgIpc) is 2.53. The Balaban J connectivity index is 2.61. The summed E-state index contributed by atoms with van der Waals surface area (Å²) in [5, 5.41) is 8.96. The zero-order chi connectivity index (χ0) is 9.68. The summed E-state index contributed by atoms with van der Waals surface area (Å²) in [6, 6.07) is 0. The number of hydrogen-bond acceptors (Lipinski definition) is 5. The fourth-order valence-electron chi connectivity index (χ4n) is 0.614. The predicted molar refractivity (Wildman–Crippen MR) is 47.5 cm³/mol. The van der Waals surface area contributed by atoms with Gasteiger partial charge in [0.25, 0.3) is 0 Å². The number of rotatable bonds is 4. The molecule has 0 spiro atoms. The second-order valence-electron chi connectivity index (χ2n) is 1.93. The van der Waals surface area contributed by atoms with Crippen molar-refractivity contribution >= 4 is 22.3 Å². The molecular weight excluding hydrogens is 192 g/mol. The van der Waals surface area contributed by atoms with E-state index in [1.165, 1.54) is 5.51 Å². The molecule has 0 aromatic carbocycles. The maximum atomic E-state index is 10.5. The first-order valence-corrected chi connectivity index (χ1v) is 4.11. The number of thiazole rings is 1. The minimum Gasteiger partial charge on any atom is -0.476 e. The van der Waals surface area contributed by atoms with E-state index in [1.54, 1.807) is 0 Å². The summed E-state index contributed by atoms with van der Waals surface area (Å²) in [6.07, 6.45) is 4.92. The van der Waals surface area contributed by atoms with Crippen LogP contribution in [0, 0.1) is 12.3 Å². The minimum atomic E-state index is -1.10. The van der Waals surface area contributed by atoms with Crippen molar-refractivity contribution in [3.05, 3.63) is 11.2 Å². The largest absolute Gasteiger partial charge is 0.476 e. The number of carboxylic acid groups (broad SMARTS) is 1. The van der Waals surface area contributed by atoms with Crippen molar-refractivity contribution in [2.24, 2.45) is 0 Å². The van der Waals surface area contributed by atoms with E-state index in [-0.39, 0.29) is 12.3 Å². The van der Waals surface area contributed by atoms with Crippen molar-refractivity contribution in [1.82, 2.24) is 4.98 Å². The smallest absolute Gasteiger partial charge is 0.357 e. The van der Waals surface area contributed by atoms with Crippen LogP contribution >= 0.6 is 11.3 Å². The first-order chi connectivity index (χ1) is 6.25. The molecule has 6 heteroatoms. The lowest BCUT2D eigenvalue weighted by Gasteiger charge is -2.00. The topological polar surface area (TPSA) is 71.5 Å². The highest BCUT2D eigenvalue weighted by Gasteiger charge is 2.12. The molecule has 0 fully saturated rings. The third-order valence-electron chi connectivity index (χ3n) is 1.09. The van der Waals surface area contributed by atoms with E-state index in [1.807, 2.05) is 0 Å². The molecule has 68 valence electrons. The number of aromatic nitrogens is 1. The molecule has 0 amide bonds. The number of carboxylic acids is 1. The standard InChI is InChI=1S/C7H6N2O3S/c1-2-3-12-9-6-5(7(10)11)8-4-13-6/h1,4,9H,3H2,(H,10,11). The third kappa shape index (κ3) is 2.43. The molecule has 0 radical (unpaired) electrons. The normalized spacial score (nSPS) is 9.15. The number of terminal acetylenes is 1. The van der Waals surface area contributed by atoms with Crippen LogP contribution in [0.5, 0.6) is 0 Å². The summed E-state index contributed by atoms with van der Waals surface area (Å²) < 4.78 is 0. The molecule has 1 aromatic rings. The van der Waals surface area contributed by atoms with Gasteiger partial charge in [-0.3, -0.25) is 10.3 Å². The molecule has 0 saturated heterocycles. The van der Waals surface area contributed by atoms with Gasteiger partial charge in [0.2, 0.25) is 0 Å². The van der Waals surface area contributed by atoms with E-state index in [0.717, 1.165) is 11.3 Å². The van der Waals surface area contributed by atoms with Gasteiger partial charge in [-0.05, 0) is 0 Å². The van der Waals surface area contributed by atoms with Crippen molar-refractivity contribution in [2.45, 2.75) is 0 Å². The Kier molecular flexibility index (Phi) is 3.25. The van der Waals surface area contributed by atoms with Crippen LogP contribution in [0.25, 0.3) is 0 Å². The van der Waals surface area contributed by atoms with Gasteiger partial charge in [0.05, 0.1) is 5.51 Å². The number of nitrogens with one attached hydrogen (secondary N) is 1. The van der Waals surface area contributed by atoms with Gasteiger partial charge in [0.1, 0.15) is 11.6 Å². The second-order valence-corrected chi connectivity index (χ2v) is 2.78. The van der Waals surface area contributed by atoms with Gasteiger partial charge < -0.3 is 5.11 Å². The molecule has 0 aliphatic rings. The van der Waals surface area contributed by atoms with Crippen molar-refractivity contribution in [3.63, 3.8) is 0 Å². The number of carbonyl (C=O) groups is 1. The molecule has 1 heterocycles. The van der Waals surface area contributed by atoms with E-state index in [2.05, 4.69) is 16.4 Å². The molecule has 0 saturated carbocycles. The zero-order valence-corrected chi connectivity index (χ0v) is 7.30. The second kappa shape index (κ2) is 4.45. The quantitative estimate of drug-likeness (QED) is 0.425. The van der Waals surface area contributed by atoms with Crippen LogP contribution in [0.3, 0.4) is 0 Å². The van der Waals surface area contributed by atoms with Crippen LogP contribution in [0.2, 0.25) is 0 Å². The van der Waals surface area contributed by atoms with Gasteiger partial charge in [0.15, 0.2) is 5.69 Å². The van der Waals surface area contributed by atoms with Gasteiger partial charge in [-0.2, -0.15) is 0 Å². The molecule has 0 bridgehead atoms. The fraction of sp³-hybridized carbons (Fsp3) is 0.143. The van der Waals surface area contributed by atoms with Gasteiger partial charge in [-0.25, -0.2) is 9.78 Å². The first kappa shape index (κ1) is 9.51. The average molecular weight is 198 g/mol. The van der Waals surface area contributed by atoms with Gasteiger partial charge in [-0.1, -0.05) is 5.92 Å². The van der Waals surface area contributed by atoms with Crippen molar-refractivity contribution in [2.75, 3.05) is 12.1 Å². The zero-order valence-electron chi connectivity index (χ0n) is 6.48. The Morgan fingerprint density at radius 2 is 2.69 bits per heavy atom. The summed E-state index contributed by atoms with van der Waals surface area (Å²) in [5.41, 5.74) is 3.75. The van der Waals surface area contributed by atoms with Crippen LogP contribution in [0.1, 0.15) is 10.5 Å². The highest BCUT2D eigenvalue weighted by molar-refractivity contribution is 7.14. The fourth-order valence-corrected chi connectivity index (χ4v) is 1.24. The Morgan fingerprint density at radius 1 is 1.92 bits per heavy atom. The van der Waals surface area contributed by atoms with Crippen LogP contribution in [-0.4, -0.2) is 22.7 Å². The molecule has 1 rings (SSSR count). The van der Waals surface area contributed by atoms with Gasteiger partial charge >= 0.3 is 5.97 Å². The van der Waals surface area contributed by atoms with Gasteiger partial charge in [-0.15, -0.1) is 17.8 Å². The highest BCUT2D eigenvalue weighted by Crippen LogP contribution is 2.19. The van der Waals surface area contributed by atoms with E-state index in [4.69, 9.17) is 16.4 Å². The van der Waals surface area contributed by atoms with Crippen LogP contribution in [0.15, 0.2) is 5.51 Å². The summed E-state index contributed by atoms with van der Waals surface area (Å²) >= 11 is 1.13. The van der Waals surface area contributed by atoms with Gasteiger partial charge in [0, 0.05) is 0 Å². The lowest BCUT2D eigenvalue weighted by atomic mass is 10.5. The SMILES string of the molecule is C#CCONc1scnc1C(=O)O. The van der Waals surface area contributed by atoms with Crippen LogP contribution in [-0.2, 0) is 4.84 Å². The predicted octanol–water partition coefficient (Wildman–Crippen LogP) is 0.818. The van der Waals surface area contributed by atoms with Crippen molar-refractivity contribution in [1.29, 1.82) is 0 Å². The molecule has 0 aliphatic heterocycles. The summed E-state index contributed by atoms with van der Waals surface area (Å²) in [6.45, 7) is 0.0664. The molecule has 13 heavy (non-hydrogen) atoms. The molecule has 2 N–H and O–H groups in total. The van der Waals surface area contributed by atoms with Crippen LogP contribution in [0.4, 0.5) is 5.00 Å². The highest BCUT2D eigenvalue weighted by atomic mass is 32.1. The van der Waals surface area contributed by atoms with E-state index in [9.17, 15) is 4.79 Å². The Morgan fingerprint density at radius 3 is 3.31 bits per heavy atom. The molecular formula is C7H6N2O3S. The van der Waals surface area contributed by atoms with Crippen LogP contribution < -0.4 is 5.48 Å². The van der Waals surface area contributed by atoms with E-state index in [0.29, 0.717) is 5.00 Å². The van der Waals surface area contributed by atoms with Crippen molar-refractivity contribution < 1.29 is 14.7 Å². The Labute approximate surface area is 78.3 Å². The maximum Gasteiger partial charge on any atom is 0.357 e. The first-order valence-electron chi connectivity index (χ1n) is 3.23. The monoisotopic (exact) mass is 198 g/mol. The molecule has 0 atom stereocenters. The third-order valence-corrected chi connectivity index (χ3v) is 1.81. The summed E-state index contributed by atoms with van der Waals surface area (Å²) in [4.78, 5) is 18.9. The number of hydrogen-bond donors (Lipinski definition) is 2. The summed E-state index contributed by atoms with van der Waals surface area (Å²) in [5.74, 6) is 1.13. The number of aromatic carboxylic acids is 1. The van der Waals surface area contributed by atoms with E-state index < -0.39 is 5.97 Å². The molecule has 0 aliphatic carbocycles. The minimum absolute atomic E-state index is 0.0664. The maximum absolute atomic E-state index is 10.5. The summed E-state index contributed by atoms with van der Waals surface area (Å²) in [7, 11) is 0. The lowest BCUT2D eigenvalue weighted by molar-refractivity contribution is 0.0691. The molecule has 0 unspecified atom stereocenters. The Hall–Kier alpha value is -1.58. The number of anilines is 1.